The van der Waals surface area contributed by atoms with Crippen LogP contribution in [0.3, 0.4) is 0 Å². The smallest absolute Gasteiger partial charge is 0.321 e. The fourth-order valence-electron chi connectivity index (χ4n) is 2.98. The van der Waals surface area contributed by atoms with E-state index >= 15 is 0 Å². The summed E-state index contributed by atoms with van der Waals surface area (Å²) in [5.41, 5.74) is 0.663. The standard InChI is InChI=1S/C14H20N4O6/c1-7(13(21)22)2-3-8-5-16-17-18(8)10-6-15-12(14(23)24)9(10)4-11(19)20/h5,7,9-10,12,15H,2-4,6H2,1H3,(H,19,20)(H,21,22)(H,23,24)/t7?,9-,10-,12-/m0/s1. The number of rotatable bonds is 8. The number of carboxylic acids is 3. The Labute approximate surface area is 137 Å². The quantitative estimate of drug-likeness (QED) is 0.495. The molecule has 0 spiro atoms. The van der Waals surface area contributed by atoms with Crippen LogP contribution in [0.1, 0.15) is 31.5 Å². The minimum atomic E-state index is -1.11. The number of aromatic nitrogens is 3. The lowest BCUT2D eigenvalue weighted by atomic mass is 9.92. The predicted molar refractivity (Wildman–Crippen MR) is 79.3 cm³/mol. The molecule has 1 aliphatic heterocycles. The van der Waals surface area contributed by atoms with Crippen molar-refractivity contribution in [3.05, 3.63) is 11.9 Å². The Kier molecular flexibility index (Phi) is 5.50. The van der Waals surface area contributed by atoms with Gasteiger partial charge >= 0.3 is 17.9 Å². The van der Waals surface area contributed by atoms with Crippen LogP contribution in [0.25, 0.3) is 0 Å². The Balaban J connectivity index is 2.18. The number of nitrogens with zero attached hydrogens (tertiary/aromatic N) is 3. The van der Waals surface area contributed by atoms with E-state index in [0.717, 1.165) is 0 Å². The highest BCUT2D eigenvalue weighted by atomic mass is 16.4. The largest absolute Gasteiger partial charge is 0.481 e. The lowest BCUT2D eigenvalue weighted by Crippen LogP contribution is -2.37. The van der Waals surface area contributed by atoms with E-state index in [1.165, 1.54) is 10.9 Å². The summed E-state index contributed by atoms with van der Waals surface area (Å²) in [6.07, 6.45) is 1.99. The summed E-state index contributed by atoms with van der Waals surface area (Å²) in [4.78, 5) is 33.3. The maximum atomic E-state index is 11.3. The first-order chi connectivity index (χ1) is 11.3. The van der Waals surface area contributed by atoms with Gasteiger partial charge in [-0.05, 0) is 12.8 Å². The molecular weight excluding hydrogens is 320 g/mol. The number of carbonyl (C=O) groups is 3. The zero-order valence-corrected chi connectivity index (χ0v) is 13.1. The Morgan fingerprint density at radius 3 is 2.67 bits per heavy atom. The second kappa shape index (κ2) is 7.39. The second-order valence-electron chi connectivity index (χ2n) is 6.00. The van der Waals surface area contributed by atoms with Crippen molar-refractivity contribution in [1.82, 2.24) is 20.3 Å². The highest BCUT2D eigenvalue weighted by Crippen LogP contribution is 2.31. The van der Waals surface area contributed by atoms with Crippen LogP contribution in [-0.4, -0.2) is 60.8 Å². The lowest BCUT2D eigenvalue weighted by molar-refractivity contribution is -0.143. The van der Waals surface area contributed by atoms with E-state index in [0.29, 0.717) is 18.5 Å². The Hall–Kier alpha value is -2.49. The molecule has 0 saturated carbocycles. The van der Waals surface area contributed by atoms with E-state index in [9.17, 15) is 19.5 Å². The van der Waals surface area contributed by atoms with E-state index in [4.69, 9.17) is 10.2 Å². The summed E-state index contributed by atoms with van der Waals surface area (Å²) in [5, 5.41) is 37.9. The van der Waals surface area contributed by atoms with Crippen LogP contribution in [0.5, 0.6) is 0 Å². The van der Waals surface area contributed by atoms with Gasteiger partial charge in [0, 0.05) is 12.5 Å². The van der Waals surface area contributed by atoms with Gasteiger partial charge in [0.15, 0.2) is 0 Å². The fourth-order valence-corrected chi connectivity index (χ4v) is 2.98. The Morgan fingerprint density at radius 2 is 2.08 bits per heavy atom. The summed E-state index contributed by atoms with van der Waals surface area (Å²) in [7, 11) is 0. The highest BCUT2D eigenvalue weighted by Gasteiger charge is 2.43. The number of hydrogen-bond acceptors (Lipinski definition) is 6. The van der Waals surface area contributed by atoms with Crippen molar-refractivity contribution >= 4 is 17.9 Å². The molecule has 4 N–H and O–H groups in total. The SMILES string of the molecule is CC(CCc1cnnn1[C@H]1CN[C@H](C(=O)O)[C@H]1CC(=O)O)C(=O)O. The average molecular weight is 340 g/mol. The summed E-state index contributed by atoms with van der Waals surface area (Å²) < 4.78 is 1.53. The highest BCUT2D eigenvalue weighted by molar-refractivity contribution is 5.76. The molecule has 1 saturated heterocycles. The molecule has 132 valence electrons. The van der Waals surface area contributed by atoms with Gasteiger partial charge in [0.1, 0.15) is 6.04 Å². The molecule has 1 fully saturated rings. The first kappa shape index (κ1) is 17.9. The third-order valence-corrected chi connectivity index (χ3v) is 4.36. The third-order valence-electron chi connectivity index (χ3n) is 4.36. The van der Waals surface area contributed by atoms with E-state index < -0.39 is 41.8 Å². The molecule has 10 heteroatoms. The van der Waals surface area contributed by atoms with Gasteiger partial charge in [-0.15, -0.1) is 5.10 Å². The number of aliphatic carboxylic acids is 3. The number of carboxylic acid groups (broad SMARTS) is 3. The topological polar surface area (TPSA) is 155 Å². The molecular formula is C14H20N4O6. The number of aryl methyl sites for hydroxylation is 1. The molecule has 0 bridgehead atoms. The van der Waals surface area contributed by atoms with Crippen LogP contribution < -0.4 is 5.32 Å². The van der Waals surface area contributed by atoms with E-state index in [1.54, 1.807) is 6.92 Å². The monoisotopic (exact) mass is 340 g/mol. The molecule has 24 heavy (non-hydrogen) atoms. The fraction of sp³-hybridized carbons (Fsp3) is 0.643. The molecule has 0 aliphatic carbocycles. The van der Waals surface area contributed by atoms with Gasteiger partial charge < -0.3 is 20.6 Å². The molecule has 0 radical (unpaired) electrons. The summed E-state index contributed by atoms with van der Waals surface area (Å²) in [6.45, 7) is 1.86. The summed E-state index contributed by atoms with van der Waals surface area (Å²) in [6, 6.07) is -1.43. The number of nitrogens with one attached hydrogen (secondary N) is 1. The third kappa shape index (κ3) is 3.88. The predicted octanol–water partition coefficient (Wildman–Crippen LogP) is -0.380. The average Bonchev–Trinajstić information content (AvgIpc) is 3.10. The molecule has 0 aromatic carbocycles. The second-order valence-corrected chi connectivity index (χ2v) is 6.00. The summed E-state index contributed by atoms with van der Waals surface area (Å²) in [5.74, 6) is -4.29. The first-order valence-electron chi connectivity index (χ1n) is 7.61. The molecule has 0 amide bonds. The lowest BCUT2D eigenvalue weighted by Gasteiger charge is -2.21. The zero-order valence-electron chi connectivity index (χ0n) is 13.1. The maximum absolute atomic E-state index is 11.3. The van der Waals surface area contributed by atoms with Crippen LogP contribution in [0.15, 0.2) is 6.20 Å². The van der Waals surface area contributed by atoms with Crippen LogP contribution in [0, 0.1) is 11.8 Å². The molecule has 10 nitrogen and oxygen atoms in total. The maximum Gasteiger partial charge on any atom is 0.321 e. The van der Waals surface area contributed by atoms with Crippen molar-refractivity contribution in [3.63, 3.8) is 0 Å². The molecule has 1 unspecified atom stereocenters. The van der Waals surface area contributed by atoms with E-state index in [-0.39, 0.29) is 13.0 Å². The number of hydrogen-bond donors (Lipinski definition) is 4. The van der Waals surface area contributed by atoms with Gasteiger partial charge in [-0.25, -0.2) is 4.68 Å². The minimum Gasteiger partial charge on any atom is -0.481 e. The van der Waals surface area contributed by atoms with Crippen LogP contribution >= 0.6 is 0 Å². The van der Waals surface area contributed by atoms with Crippen LogP contribution in [0.4, 0.5) is 0 Å². The zero-order chi connectivity index (χ0) is 17.9. The summed E-state index contributed by atoms with van der Waals surface area (Å²) >= 11 is 0. The molecule has 1 aromatic rings. The van der Waals surface area contributed by atoms with Gasteiger partial charge in [-0.1, -0.05) is 12.1 Å². The minimum absolute atomic E-state index is 0.264. The molecule has 4 atom stereocenters. The first-order valence-corrected chi connectivity index (χ1v) is 7.61. The molecule has 2 heterocycles. The van der Waals surface area contributed by atoms with E-state index in [1.807, 2.05) is 0 Å². The molecule has 1 aromatic heterocycles. The van der Waals surface area contributed by atoms with Gasteiger partial charge in [0.25, 0.3) is 0 Å². The molecule has 1 aliphatic rings. The normalized spacial score (nSPS) is 24.6. The van der Waals surface area contributed by atoms with Crippen LogP contribution in [0.2, 0.25) is 0 Å². The van der Waals surface area contributed by atoms with Gasteiger partial charge in [0.2, 0.25) is 0 Å². The van der Waals surface area contributed by atoms with Crippen LogP contribution in [-0.2, 0) is 20.8 Å². The van der Waals surface area contributed by atoms with Gasteiger partial charge in [0.05, 0.1) is 30.3 Å². The van der Waals surface area contributed by atoms with Crippen molar-refractivity contribution in [1.29, 1.82) is 0 Å². The van der Waals surface area contributed by atoms with Gasteiger partial charge in [-0.2, -0.15) is 0 Å². The Morgan fingerprint density at radius 1 is 1.38 bits per heavy atom. The van der Waals surface area contributed by atoms with Crippen molar-refractivity contribution in [2.24, 2.45) is 11.8 Å². The van der Waals surface area contributed by atoms with Crippen molar-refractivity contribution in [3.8, 4) is 0 Å². The van der Waals surface area contributed by atoms with E-state index in [2.05, 4.69) is 15.6 Å². The molecule has 2 rings (SSSR count). The van der Waals surface area contributed by atoms with Crippen molar-refractivity contribution in [2.45, 2.75) is 38.3 Å². The Bertz CT molecular complexity index is 631. The van der Waals surface area contributed by atoms with Crippen molar-refractivity contribution < 1.29 is 29.7 Å². The van der Waals surface area contributed by atoms with Crippen molar-refractivity contribution in [2.75, 3.05) is 6.54 Å². The van der Waals surface area contributed by atoms with Gasteiger partial charge in [-0.3, -0.25) is 14.4 Å².